The molecule has 0 saturated carbocycles. The predicted octanol–water partition coefficient (Wildman–Crippen LogP) is 3.92. The Balaban J connectivity index is 0.000000493. The van der Waals surface area contributed by atoms with E-state index in [0.717, 1.165) is 0 Å². The van der Waals surface area contributed by atoms with Gasteiger partial charge >= 0.3 is 0 Å². The summed E-state index contributed by atoms with van der Waals surface area (Å²) < 4.78 is 9.41. The smallest absolute Gasteiger partial charge is 0.207 e. The number of rotatable bonds is 6. The van der Waals surface area contributed by atoms with E-state index in [0.29, 0.717) is 25.1 Å². The van der Waals surface area contributed by atoms with E-state index in [1.807, 2.05) is 23.9 Å². The van der Waals surface area contributed by atoms with Crippen LogP contribution < -0.4 is 0 Å². The van der Waals surface area contributed by atoms with Crippen LogP contribution in [0, 0.1) is 11.3 Å². The summed E-state index contributed by atoms with van der Waals surface area (Å²) in [6.45, 7) is 8.77. The van der Waals surface area contributed by atoms with E-state index in [4.69, 9.17) is 21.0 Å². The molecule has 0 amide bonds. The molecule has 20 heavy (non-hydrogen) atoms. The summed E-state index contributed by atoms with van der Waals surface area (Å²) in [5.74, 6) is 0. The number of imidazole rings is 1. The SMILES string of the molecule is CC(C)N(C(C)C)P(Cl)OCCC#N.Cn1ccnc1. The Bertz CT molecular complexity index is 370. The number of nitrogens with zero attached hydrogens (tertiary/aromatic N) is 4. The second kappa shape index (κ2) is 11.0. The van der Waals surface area contributed by atoms with Gasteiger partial charge in [0.25, 0.3) is 0 Å². The van der Waals surface area contributed by atoms with Gasteiger partial charge in [-0.15, -0.1) is 0 Å². The van der Waals surface area contributed by atoms with Crippen LogP contribution in [0.15, 0.2) is 18.7 Å². The molecular weight excluding hydrogens is 295 g/mol. The minimum Gasteiger partial charge on any atom is -0.341 e. The minimum absolute atomic E-state index is 0.362. The Morgan fingerprint density at radius 3 is 2.30 bits per heavy atom. The van der Waals surface area contributed by atoms with Crippen molar-refractivity contribution in [1.29, 1.82) is 5.26 Å². The highest BCUT2D eigenvalue weighted by Gasteiger charge is 2.23. The molecule has 1 unspecified atom stereocenters. The third-order valence-corrected chi connectivity index (χ3v) is 4.79. The van der Waals surface area contributed by atoms with Crippen LogP contribution in [0.25, 0.3) is 0 Å². The molecule has 0 spiro atoms. The van der Waals surface area contributed by atoms with E-state index in [-0.39, 0.29) is 0 Å². The van der Waals surface area contributed by atoms with Crippen LogP contribution in [0.4, 0.5) is 0 Å². The molecule has 5 nitrogen and oxygen atoms in total. The Kier molecular flexibility index (Phi) is 10.7. The summed E-state index contributed by atoms with van der Waals surface area (Å²) in [6, 6.07) is 2.75. The Morgan fingerprint density at radius 2 is 2.00 bits per heavy atom. The van der Waals surface area contributed by atoms with Gasteiger partial charge < -0.3 is 9.09 Å². The molecule has 114 valence electrons. The number of halogens is 1. The van der Waals surface area contributed by atoms with E-state index < -0.39 is 7.65 Å². The lowest BCUT2D eigenvalue weighted by Crippen LogP contribution is -2.31. The highest BCUT2D eigenvalue weighted by atomic mass is 35.7. The maximum Gasteiger partial charge on any atom is 0.207 e. The van der Waals surface area contributed by atoms with Gasteiger partial charge in [0, 0.05) is 31.5 Å². The van der Waals surface area contributed by atoms with E-state index in [2.05, 4.69) is 37.3 Å². The van der Waals surface area contributed by atoms with Crippen LogP contribution in [0.1, 0.15) is 34.1 Å². The second-order valence-corrected chi connectivity index (χ2v) is 6.80. The normalized spacial score (nSPS) is 12.2. The molecule has 0 N–H and O–H groups in total. The lowest BCUT2D eigenvalue weighted by atomic mass is 10.3. The Morgan fingerprint density at radius 1 is 1.40 bits per heavy atom. The number of aromatic nitrogens is 2. The summed E-state index contributed by atoms with van der Waals surface area (Å²) in [7, 11) is 0.857. The molecule has 0 saturated heterocycles. The van der Waals surface area contributed by atoms with E-state index in [1.54, 1.807) is 12.5 Å². The fourth-order valence-electron chi connectivity index (χ4n) is 1.52. The molecule has 0 aliphatic heterocycles. The molecule has 0 bridgehead atoms. The monoisotopic (exact) mass is 318 g/mol. The summed E-state index contributed by atoms with van der Waals surface area (Å²) in [5, 5.41) is 8.36. The van der Waals surface area contributed by atoms with Crippen molar-refractivity contribution in [2.24, 2.45) is 7.05 Å². The topological polar surface area (TPSA) is 54.1 Å². The Hall–Kier alpha value is -0.660. The minimum atomic E-state index is -1.08. The van der Waals surface area contributed by atoms with Crippen molar-refractivity contribution in [2.75, 3.05) is 6.61 Å². The van der Waals surface area contributed by atoms with Gasteiger partial charge in [-0.2, -0.15) is 5.26 Å². The number of hydrogen-bond acceptors (Lipinski definition) is 4. The predicted molar refractivity (Wildman–Crippen MR) is 84.3 cm³/mol. The molecule has 0 radical (unpaired) electrons. The summed E-state index contributed by atoms with van der Waals surface area (Å²) in [6.07, 6.45) is 5.79. The van der Waals surface area contributed by atoms with Gasteiger partial charge in [0.2, 0.25) is 7.65 Å². The van der Waals surface area contributed by atoms with Crippen LogP contribution in [0.5, 0.6) is 0 Å². The third kappa shape index (κ3) is 8.50. The van der Waals surface area contributed by atoms with Crippen LogP contribution >= 0.6 is 18.9 Å². The summed E-state index contributed by atoms with van der Waals surface area (Å²) in [5.41, 5.74) is 0. The lowest BCUT2D eigenvalue weighted by molar-refractivity contribution is 0.266. The van der Waals surface area contributed by atoms with Crippen molar-refractivity contribution in [3.05, 3.63) is 18.7 Å². The number of hydrogen-bond donors (Lipinski definition) is 0. The molecule has 1 atom stereocenters. The zero-order valence-corrected chi connectivity index (χ0v) is 14.5. The van der Waals surface area contributed by atoms with Crippen molar-refractivity contribution < 1.29 is 4.52 Å². The van der Waals surface area contributed by atoms with Gasteiger partial charge in [-0.05, 0) is 38.9 Å². The first kappa shape index (κ1) is 19.3. The zero-order chi connectivity index (χ0) is 15.5. The first-order valence-corrected chi connectivity index (χ1v) is 8.67. The molecule has 1 heterocycles. The molecule has 1 aromatic rings. The first-order valence-electron chi connectivity index (χ1n) is 6.56. The standard InChI is InChI=1S/C9H18ClN2OP.C4H6N2/c1-8(2)12(9(3)4)14(10)13-7-5-6-11;1-6-3-2-5-4-6/h8-9H,5,7H2,1-4H3;2-4H,1H3. The molecule has 1 aromatic heterocycles. The Labute approximate surface area is 128 Å². The lowest BCUT2D eigenvalue weighted by Gasteiger charge is -2.32. The fraction of sp³-hybridized carbons (Fsp3) is 0.692. The van der Waals surface area contributed by atoms with Crippen LogP contribution in [0.3, 0.4) is 0 Å². The molecule has 0 aromatic carbocycles. The van der Waals surface area contributed by atoms with Gasteiger partial charge in [0.05, 0.1) is 25.4 Å². The third-order valence-electron chi connectivity index (χ3n) is 2.29. The quantitative estimate of drug-likeness (QED) is 0.589. The molecular formula is C13H24ClN4OP. The van der Waals surface area contributed by atoms with Crippen molar-refractivity contribution in [1.82, 2.24) is 14.2 Å². The summed E-state index contributed by atoms with van der Waals surface area (Å²) in [4.78, 5) is 3.78. The fourth-order valence-corrected chi connectivity index (χ4v) is 3.87. The highest BCUT2D eigenvalue weighted by molar-refractivity contribution is 7.78. The average molecular weight is 319 g/mol. The number of aryl methyl sites for hydroxylation is 1. The molecule has 1 rings (SSSR count). The van der Waals surface area contributed by atoms with Gasteiger partial charge in [-0.25, -0.2) is 9.65 Å². The van der Waals surface area contributed by atoms with Crippen molar-refractivity contribution in [2.45, 2.75) is 46.2 Å². The van der Waals surface area contributed by atoms with E-state index in [9.17, 15) is 0 Å². The first-order chi connectivity index (χ1) is 9.40. The second-order valence-electron chi connectivity index (χ2n) is 4.76. The average Bonchev–Trinajstić information content (AvgIpc) is 2.80. The van der Waals surface area contributed by atoms with Crippen molar-refractivity contribution in [3.63, 3.8) is 0 Å². The molecule has 7 heteroatoms. The van der Waals surface area contributed by atoms with E-state index >= 15 is 0 Å². The maximum absolute atomic E-state index is 8.36. The van der Waals surface area contributed by atoms with Gasteiger partial charge in [-0.1, -0.05) is 0 Å². The molecule has 0 aliphatic rings. The van der Waals surface area contributed by atoms with Gasteiger partial charge in [0.15, 0.2) is 0 Å². The largest absolute Gasteiger partial charge is 0.341 e. The molecule has 0 fully saturated rings. The van der Waals surface area contributed by atoms with Crippen molar-refractivity contribution >= 4 is 18.9 Å². The highest BCUT2D eigenvalue weighted by Crippen LogP contribution is 2.49. The van der Waals surface area contributed by atoms with Crippen LogP contribution in [-0.2, 0) is 11.6 Å². The van der Waals surface area contributed by atoms with E-state index in [1.165, 1.54) is 0 Å². The summed E-state index contributed by atoms with van der Waals surface area (Å²) >= 11 is 6.13. The number of nitriles is 1. The van der Waals surface area contributed by atoms with Crippen LogP contribution in [0.2, 0.25) is 0 Å². The van der Waals surface area contributed by atoms with Gasteiger partial charge in [-0.3, -0.25) is 0 Å². The molecule has 0 aliphatic carbocycles. The maximum atomic E-state index is 8.36. The zero-order valence-electron chi connectivity index (χ0n) is 12.8. The van der Waals surface area contributed by atoms with Gasteiger partial charge in [0.1, 0.15) is 0 Å². The van der Waals surface area contributed by atoms with Crippen LogP contribution in [-0.4, -0.2) is 32.9 Å². The van der Waals surface area contributed by atoms with Crippen molar-refractivity contribution in [3.8, 4) is 6.07 Å².